The summed E-state index contributed by atoms with van der Waals surface area (Å²) in [7, 11) is 0. The maximum atomic E-state index is 12.1. The van der Waals surface area contributed by atoms with E-state index in [0.29, 0.717) is 17.8 Å². The maximum Gasteiger partial charge on any atom is 0.258 e. The Labute approximate surface area is 132 Å². The fraction of sp³-hybridized carbons (Fsp3) is 0.188. The fourth-order valence-electron chi connectivity index (χ4n) is 2.10. The number of anilines is 1. The highest BCUT2D eigenvalue weighted by Gasteiger charge is 2.12. The van der Waals surface area contributed by atoms with Gasteiger partial charge in [0.1, 0.15) is 0 Å². The number of aromatic nitrogens is 3. The molecule has 5 nitrogen and oxygen atoms in total. The summed E-state index contributed by atoms with van der Waals surface area (Å²) in [6.45, 7) is 4.56. The Bertz CT molecular complexity index is 789. The lowest BCUT2D eigenvalue weighted by Crippen LogP contribution is -2.11. The first-order valence-electron chi connectivity index (χ1n) is 6.92. The van der Waals surface area contributed by atoms with Crippen molar-refractivity contribution in [1.82, 2.24) is 14.2 Å². The molecule has 0 fully saturated rings. The molecule has 0 bridgehead atoms. The SMILES string of the molecule is Cc1ccc(Cn2cc(NC(=O)c3csnc3C)cn2)cc1. The Morgan fingerprint density at radius 2 is 2.05 bits per heavy atom. The van der Waals surface area contributed by atoms with Crippen LogP contribution in [0.15, 0.2) is 42.0 Å². The van der Waals surface area contributed by atoms with Crippen LogP contribution in [0, 0.1) is 13.8 Å². The third-order valence-electron chi connectivity index (χ3n) is 3.35. The van der Waals surface area contributed by atoms with Gasteiger partial charge in [0.2, 0.25) is 0 Å². The summed E-state index contributed by atoms with van der Waals surface area (Å²) in [6.07, 6.45) is 3.48. The lowest BCUT2D eigenvalue weighted by Gasteiger charge is -2.03. The van der Waals surface area contributed by atoms with Gasteiger partial charge >= 0.3 is 0 Å². The number of hydrogen-bond donors (Lipinski definition) is 1. The third kappa shape index (κ3) is 3.23. The Morgan fingerprint density at radius 1 is 1.27 bits per heavy atom. The summed E-state index contributed by atoms with van der Waals surface area (Å²) >= 11 is 1.28. The minimum Gasteiger partial charge on any atom is -0.319 e. The lowest BCUT2D eigenvalue weighted by atomic mass is 10.1. The second kappa shape index (κ2) is 6.11. The number of hydrogen-bond acceptors (Lipinski definition) is 4. The zero-order chi connectivity index (χ0) is 15.5. The van der Waals surface area contributed by atoms with Crippen LogP contribution < -0.4 is 5.32 Å². The van der Waals surface area contributed by atoms with Gasteiger partial charge in [0.05, 0.1) is 29.7 Å². The average Bonchev–Trinajstić information content (AvgIpc) is 3.10. The molecule has 2 aromatic heterocycles. The Kier molecular flexibility index (Phi) is 4.02. The summed E-state index contributed by atoms with van der Waals surface area (Å²) in [6, 6.07) is 8.31. The molecule has 0 aliphatic heterocycles. The van der Waals surface area contributed by atoms with Gasteiger partial charge in [-0.15, -0.1) is 0 Å². The molecule has 0 atom stereocenters. The van der Waals surface area contributed by atoms with Gasteiger partial charge in [0, 0.05) is 11.6 Å². The minimum atomic E-state index is -0.152. The van der Waals surface area contributed by atoms with Crippen LogP contribution in [0.3, 0.4) is 0 Å². The van der Waals surface area contributed by atoms with Crippen LogP contribution in [0.2, 0.25) is 0 Å². The van der Waals surface area contributed by atoms with E-state index >= 15 is 0 Å². The smallest absolute Gasteiger partial charge is 0.258 e. The van der Waals surface area contributed by atoms with Gasteiger partial charge in [-0.3, -0.25) is 9.48 Å². The van der Waals surface area contributed by atoms with Crippen LogP contribution in [0.4, 0.5) is 5.69 Å². The molecule has 0 aliphatic carbocycles. The van der Waals surface area contributed by atoms with E-state index in [1.54, 1.807) is 16.3 Å². The van der Waals surface area contributed by atoms with Crippen molar-refractivity contribution >= 4 is 23.1 Å². The largest absolute Gasteiger partial charge is 0.319 e. The van der Waals surface area contributed by atoms with Crippen molar-refractivity contribution in [3.63, 3.8) is 0 Å². The van der Waals surface area contributed by atoms with Crippen LogP contribution in [-0.2, 0) is 6.54 Å². The number of carbonyl (C=O) groups excluding carboxylic acids is 1. The first-order chi connectivity index (χ1) is 10.6. The molecule has 6 heteroatoms. The summed E-state index contributed by atoms with van der Waals surface area (Å²) in [4.78, 5) is 12.1. The molecule has 1 amide bonds. The molecule has 0 saturated carbocycles. The van der Waals surface area contributed by atoms with Gasteiger partial charge in [0.15, 0.2) is 0 Å². The van der Waals surface area contributed by atoms with E-state index in [-0.39, 0.29) is 5.91 Å². The summed E-state index contributed by atoms with van der Waals surface area (Å²) in [5.74, 6) is -0.152. The van der Waals surface area contributed by atoms with E-state index in [1.165, 1.54) is 22.7 Å². The average molecular weight is 312 g/mol. The van der Waals surface area contributed by atoms with Crippen molar-refractivity contribution < 1.29 is 4.79 Å². The van der Waals surface area contributed by atoms with E-state index in [2.05, 4.69) is 46.0 Å². The third-order valence-corrected chi connectivity index (χ3v) is 4.07. The minimum absolute atomic E-state index is 0.152. The van der Waals surface area contributed by atoms with Crippen molar-refractivity contribution in [3.8, 4) is 0 Å². The van der Waals surface area contributed by atoms with Gasteiger partial charge in [0.25, 0.3) is 5.91 Å². The first kappa shape index (κ1) is 14.5. The molecule has 2 heterocycles. The van der Waals surface area contributed by atoms with Gasteiger partial charge in [-0.2, -0.15) is 9.47 Å². The molecular formula is C16H16N4OS. The number of aryl methyl sites for hydroxylation is 2. The molecule has 0 aliphatic rings. The predicted molar refractivity (Wildman–Crippen MR) is 87.3 cm³/mol. The number of benzene rings is 1. The normalized spacial score (nSPS) is 10.6. The van der Waals surface area contributed by atoms with E-state index in [9.17, 15) is 4.79 Å². The number of carbonyl (C=O) groups is 1. The zero-order valence-corrected chi connectivity index (χ0v) is 13.2. The number of nitrogens with zero attached hydrogens (tertiary/aromatic N) is 3. The van der Waals surface area contributed by atoms with E-state index in [1.807, 2.05) is 13.1 Å². The van der Waals surface area contributed by atoms with Gasteiger partial charge in [-0.1, -0.05) is 29.8 Å². The Hall–Kier alpha value is -2.47. The molecule has 1 aromatic carbocycles. The van der Waals surface area contributed by atoms with E-state index in [4.69, 9.17) is 0 Å². The van der Waals surface area contributed by atoms with Crippen LogP contribution in [0.1, 0.15) is 27.2 Å². The molecule has 112 valence electrons. The summed E-state index contributed by atoms with van der Waals surface area (Å²) in [5.41, 5.74) is 4.44. The topological polar surface area (TPSA) is 59.8 Å². The highest BCUT2D eigenvalue weighted by atomic mass is 32.1. The molecule has 0 radical (unpaired) electrons. The fourth-order valence-corrected chi connectivity index (χ4v) is 2.80. The Balaban J connectivity index is 1.67. The summed E-state index contributed by atoms with van der Waals surface area (Å²) < 4.78 is 5.91. The van der Waals surface area contributed by atoms with Crippen LogP contribution in [-0.4, -0.2) is 20.1 Å². The standard InChI is InChI=1S/C16H16N4OS/c1-11-3-5-13(6-4-11)8-20-9-14(7-17-20)18-16(21)15-10-22-19-12(15)2/h3-7,9-10H,8H2,1-2H3,(H,18,21). The van der Waals surface area contributed by atoms with E-state index in [0.717, 1.165) is 5.69 Å². The maximum absolute atomic E-state index is 12.1. The molecule has 0 spiro atoms. The van der Waals surface area contributed by atoms with Crippen LogP contribution >= 0.6 is 11.5 Å². The highest BCUT2D eigenvalue weighted by molar-refractivity contribution is 7.04. The molecule has 0 unspecified atom stereocenters. The van der Waals surface area contributed by atoms with E-state index < -0.39 is 0 Å². The zero-order valence-electron chi connectivity index (χ0n) is 12.4. The second-order valence-corrected chi connectivity index (χ2v) is 5.81. The number of amides is 1. The van der Waals surface area contributed by atoms with Crippen LogP contribution in [0.25, 0.3) is 0 Å². The van der Waals surface area contributed by atoms with Crippen molar-refractivity contribution in [3.05, 3.63) is 64.4 Å². The molecular weight excluding hydrogens is 296 g/mol. The van der Waals surface area contributed by atoms with Crippen molar-refractivity contribution in [2.24, 2.45) is 0 Å². The lowest BCUT2D eigenvalue weighted by molar-refractivity contribution is 0.102. The number of rotatable bonds is 4. The first-order valence-corrected chi connectivity index (χ1v) is 7.76. The Morgan fingerprint density at radius 3 is 2.73 bits per heavy atom. The van der Waals surface area contributed by atoms with Crippen molar-refractivity contribution in [2.75, 3.05) is 5.32 Å². The van der Waals surface area contributed by atoms with Crippen LogP contribution in [0.5, 0.6) is 0 Å². The molecule has 3 rings (SSSR count). The number of nitrogens with one attached hydrogen (secondary N) is 1. The highest BCUT2D eigenvalue weighted by Crippen LogP contribution is 2.14. The summed E-state index contributed by atoms with van der Waals surface area (Å²) in [5, 5.41) is 8.88. The quantitative estimate of drug-likeness (QED) is 0.804. The van der Waals surface area contributed by atoms with Crippen molar-refractivity contribution in [2.45, 2.75) is 20.4 Å². The predicted octanol–water partition coefficient (Wildman–Crippen LogP) is 3.26. The van der Waals surface area contributed by atoms with Crippen molar-refractivity contribution in [1.29, 1.82) is 0 Å². The second-order valence-electron chi connectivity index (χ2n) is 5.18. The molecule has 0 saturated heterocycles. The molecule has 1 N–H and O–H groups in total. The van der Waals surface area contributed by atoms with Gasteiger partial charge in [-0.05, 0) is 30.9 Å². The van der Waals surface area contributed by atoms with Gasteiger partial charge in [-0.25, -0.2) is 0 Å². The molecule has 22 heavy (non-hydrogen) atoms. The monoisotopic (exact) mass is 312 g/mol. The van der Waals surface area contributed by atoms with Gasteiger partial charge < -0.3 is 5.32 Å². The molecule has 3 aromatic rings.